The minimum Gasteiger partial charge on any atom is -0.457 e. The van der Waals surface area contributed by atoms with Crippen molar-refractivity contribution in [3.05, 3.63) is 60.2 Å². The van der Waals surface area contributed by atoms with Crippen LogP contribution >= 0.6 is 0 Å². The maximum atomic E-state index is 12.3. The van der Waals surface area contributed by atoms with Gasteiger partial charge in [-0.1, -0.05) is 49.4 Å². The van der Waals surface area contributed by atoms with Crippen molar-refractivity contribution in [2.45, 2.75) is 18.9 Å². The number of rotatable bonds is 9. The van der Waals surface area contributed by atoms with E-state index >= 15 is 0 Å². The molecular weight excluding hydrogens is 380 g/mol. The highest BCUT2D eigenvalue weighted by Gasteiger charge is 2.28. The number of hydrogen-bond donors (Lipinski definition) is 0. The molecule has 5 nitrogen and oxygen atoms in total. The van der Waals surface area contributed by atoms with E-state index in [4.69, 9.17) is 18.9 Å². The molecule has 3 aromatic carbocycles. The minimum absolute atomic E-state index is 0.138. The summed E-state index contributed by atoms with van der Waals surface area (Å²) in [5.74, 6) is -0.525. The van der Waals surface area contributed by atoms with Crippen LogP contribution in [0.3, 0.4) is 0 Å². The van der Waals surface area contributed by atoms with Gasteiger partial charge < -0.3 is 18.9 Å². The van der Waals surface area contributed by atoms with E-state index in [0.717, 1.165) is 0 Å². The molecule has 2 unspecified atom stereocenters. The molecule has 1 aliphatic rings. The number of ether oxygens (including phenoxy) is 4. The largest absolute Gasteiger partial charge is 0.457 e. The van der Waals surface area contributed by atoms with Crippen LogP contribution in [0.2, 0.25) is 0 Å². The second-order valence-electron chi connectivity index (χ2n) is 7.95. The van der Waals surface area contributed by atoms with Crippen molar-refractivity contribution >= 4 is 27.5 Å². The van der Waals surface area contributed by atoms with Crippen LogP contribution in [0.25, 0.3) is 21.5 Å². The van der Waals surface area contributed by atoms with Crippen molar-refractivity contribution in [2.75, 3.05) is 40.1 Å². The predicted molar refractivity (Wildman–Crippen MR) is 117 cm³/mol. The SMILES string of the molecule is COCC(COCC(C)c1cccc2cc3ccccc3cc12)C(=O)OC1COC1. The lowest BCUT2D eigenvalue weighted by atomic mass is 9.93. The maximum absolute atomic E-state index is 12.3. The number of carbonyl (C=O) groups excluding carboxylic acids is 1. The third-order valence-electron chi connectivity index (χ3n) is 5.59. The Morgan fingerprint density at radius 2 is 1.73 bits per heavy atom. The minimum atomic E-state index is -0.431. The molecule has 1 heterocycles. The Morgan fingerprint density at radius 3 is 2.43 bits per heavy atom. The zero-order valence-corrected chi connectivity index (χ0v) is 17.5. The number of methoxy groups -OCH3 is 1. The van der Waals surface area contributed by atoms with Gasteiger partial charge in [-0.15, -0.1) is 0 Å². The Hall–Kier alpha value is -2.47. The molecule has 3 aromatic rings. The van der Waals surface area contributed by atoms with Crippen LogP contribution in [0.5, 0.6) is 0 Å². The van der Waals surface area contributed by atoms with Crippen molar-refractivity contribution in [3.8, 4) is 0 Å². The molecule has 0 spiro atoms. The van der Waals surface area contributed by atoms with Gasteiger partial charge in [-0.05, 0) is 39.2 Å². The predicted octanol–water partition coefficient (Wildman–Crippen LogP) is 4.32. The molecule has 158 valence electrons. The standard InChI is InChI=1S/C25H28O5/c1-17(12-28-14-21(13-27-2)25(26)30-22-15-29-16-22)23-9-5-8-20-10-18-6-3-4-7-19(18)11-24(20)23/h3-11,17,21-22H,12-16H2,1-2H3. The van der Waals surface area contributed by atoms with Gasteiger partial charge in [-0.3, -0.25) is 4.79 Å². The lowest BCUT2D eigenvalue weighted by Gasteiger charge is -2.27. The van der Waals surface area contributed by atoms with Gasteiger partial charge in [0.2, 0.25) is 0 Å². The summed E-state index contributed by atoms with van der Waals surface area (Å²) in [5.41, 5.74) is 1.25. The molecule has 0 aromatic heterocycles. The fraction of sp³-hybridized carbons (Fsp3) is 0.400. The summed E-state index contributed by atoms with van der Waals surface area (Å²) in [7, 11) is 1.58. The quantitative estimate of drug-likeness (QED) is 0.390. The van der Waals surface area contributed by atoms with E-state index in [2.05, 4.69) is 61.5 Å². The molecule has 2 atom stereocenters. The van der Waals surface area contributed by atoms with E-state index in [1.54, 1.807) is 7.11 Å². The van der Waals surface area contributed by atoms with Gasteiger partial charge in [0.25, 0.3) is 0 Å². The van der Waals surface area contributed by atoms with E-state index in [9.17, 15) is 4.79 Å². The van der Waals surface area contributed by atoms with Gasteiger partial charge in [0.05, 0.1) is 33.0 Å². The molecule has 0 radical (unpaired) electrons. The Bertz CT molecular complexity index is 1010. The summed E-state index contributed by atoms with van der Waals surface area (Å²) in [4.78, 5) is 12.3. The average molecular weight is 408 g/mol. The molecule has 0 bridgehead atoms. The molecule has 0 saturated carbocycles. The van der Waals surface area contributed by atoms with Crippen LogP contribution in [0.15, 0.2) is 54.6 Å². The normalized spacial score (nSPS) is 16.3. The number of fused-ring (bicyclic) bond motifs is 2. The molecule has 4 rings (SSSR count). The second kappa shape index (κ2) is 9.56. The molecule has 1 aliphatic heterocycles. The molecule has 0 aliphatic carbocycles. The van der Waals surface area contributed by atoms with E-state index in [1.807, 2.05) is 0 Å². The molecule has 0 N–H and O–H groups in total. The molecule has 5 heteroatoms. The summed E-state index contributed by atoms with van der Waals surface area (Å²) < 4.78 is 21.6. The molecule has 1 fully saturated rings. The van der Waals surface area contributed by atoms with Gasteiger partial charge in [0.15, 0.2) is 0 Å². The summed E-state index contributed by atoms with van der Waals surface area (Å²) in [5, 5.41) is 4.93. The zero-order valence-electron chi connectivity index (χ0n) is 17.5. The van der Waals surface area contributed by atoms with Crippen LogP contribution < -0.4 is 0 Å². The van der Waals surface area contributed by atoms with E-state index in [0.29, 0.717) is 19.8 Å². The lowest BCUT2D eigenvalue weighted by Crippen LogP contribution is -2.40. The summed E-state index contributed by atoms with van der Waals surface area (Å²) in [6.07, 6.45) is -0.138. The Morgan fingerprint density at radius 1 is 1.00 bits per heavy atom. The van der Waals surface area contributed by atoms with Gasteiger partial charge in [0, 0.05) is 13.0 Å². The lowest BCUT2D eigenvalue weighted by molar-refractivity contribution is -0.180. The van der Waals surface area contributed by atoms with Crippen molar-refractivity contribution < 1.29 is 23.7 Å². The summed E-state index contributed by atoms with van der Waals surface area (Å²) >= 11 is 0. The van der Waals surface area contributed by atoms with Crippen LogP contribution in [-0.4, -0.2) is 52.2 Å². The summed E-state index contributed by atoms with van der Waals surface area (Å²) in [6.45, 7) is 4.17. The first-order valence-electron chi connectivity index (χ1n) is 10.4. The Labute approximate surface area is 176 Å². The van der Waals surface area contributed by atoms with Gasteiger partial charge in [0.1, 0.15) is 12.0 Å². The Balaban J connectivity index is 1.42. The van der Waals surface area contributed by atoms with Crippen LogP contribution in [0.4, 0.5) is 0 Å². The van der Waals surface area contributed by atoms with Crippen molar-refractivity contribution in [2.24, 2.45) is 5.92 Å². The smallest absolute Gasteiger partial charge is 0.314 e. The van der Waals surface area contributed by atoms with Crippen LogP contribution in [0, 0.1) is 5.92 Å². The first-order chi connectivity index (χ1) is 14.7. The highest BCUT2D eigenvalue weighted by atomic mass is 16.6. The number of esters is 1. The molecule has 30 heavy (non-hydrogen) atoms. The van der Waals surface area contributed by atoms with Gasteiger partial charge >= 0.3 is 5.97 Å². The highest BCUT2D eigenvalue weighted by molar-refractivity contribution is 5.99. The van der Waals surface area contributed by atoms with Crippen LogP contribution in [0.1, 0.15) is 18.4 Å². The molecule has 0 amide bonds. The maximum Gasteiger partial charge on any atom is 0.314 e. The van der Waals surface area contributed by atoms with E-state index in [-0.39, 0.29) is 31.2 Å². The van der Waals surface area contributed by atoms with Crippen molar-refractivity contribution in [3.63, 3.8) is 0 Å². The van der Waals surface area contributed by atoms with Crippen molar-refractivity contribution in [1.82, 2.24) is 0 Å². The van der Waals surface area contributed by atoms with Gasteiger partial charge in [-0.25, -0.2) is 0 Å². The first kappa shape index (κ1) is 20.8. The molecule has 1 saturated heterocycles. The zero-order chi connectivity index (χ0) is 20.9. The molecular formula is C25H28O5. The fourth-order valence-electron chi connectivity index (χ4n) is 3.83. The second-order valence-corrected chi connectivity index (χ2v) is 7.95. The average Bonchev–Trinajstić information content (AvgIpc) is 2.73. The first-order valence-corrected chi connectivity index (χ1v) is 10.4. The van der Waals surface area contributed by atoms with Crippen LogP contribution in [-0.2, 0) is 23.7 Å². The van der Waals surface area contributed by atoms with Gasteiger partial charge in [-0.2, -0.15) is 0 Å². The van der Waals surface area contributed by atoms with Crippen molar-refractivity contribution in [1.29, 1.82) is 0 Å². The number of hydrogen-bond acceptors (Lipinski definition) is 5. The summed E-state index contributed by atoms with van der Waals surface area (Å²) in [6, 6.07) is 19.3. The number of carbonyl (C=O) groups is 1. The van der Waals surface area contributed by atoms with E-state index < -0.39 is 5.92 Å². The fourth-order valence-corrected chi connectivity index (χ4v) is 3.83. The topological polar surface area (TPSA) is 54.0 Å². The number of benzene rings is 3. The third kappa shape index (κ3) is 4.64. The monoisotopic (exact) mass is 408 g/mol. The third-order valence-corrected chi connectivity index (χ3v) is 5.59. The highest BCUT2D eigenvalue weighted by Crippen LogP contribution is 2.30. The Kier molecular flexibility index (Phi) is 6.62. The van der Waals surface area contributed by atoms with E-state index in [1.165, 1.54) is 27.1 Å².